The lowest BCUT2D eigenvalue weighted by Gasteiger charge is -2.17. The maximum absolute atomic E-state index is 11.0. The second kappa shape index (κ2) is 6.40. The molecule has 1 aliphatic heterocycles. The number of para-hydroxylation sites is 1. The number of carbonyl (C=O) groups is 1. The third-order valence-corrected chi connectivity index (χ3v) is 3.21. The van der Waals surface area contributed by atoms with Crippen LogP contribution >= 0.6 is 0 Å². The van der Waals surface area contributed by atoms with E-state index in [9.17, 15) is 4.79 Å². The summed E-state index contributed by atoms with van der Waals surface area (Å²) in [5, 5.41) is 0. The average molecular weight is 249 g/mol. The summed E-state index contributed by atoms with van der Waals surface area (Å²) in [6.45, 7) is 3.78. The predicted molar refractivity (Wildman–Crippen MR) is 69.6 cm³/mol. The summed E-state index contributed by atoms with van der Waals surface area (Å²) >= 11 is 0. The van der Waals surface area contributed by atoms with Crippen molar-refractivity contribution in [2.45, 2.75) is 12.8 Å². The van der Waals surface area contributed by atoms with Crippen LogP contribution in [0.4, 0.5) is 0 Å². The minimum atomic E-state index is 0.538. The van der Waals surface area contributed by atoms with Crippen LogP contribution in [0.2, 0.25) is 0 Å². The summed E-state index contributed by atoms with van der Waals surface area (Å²) in [5.74, 6) is 1.16. The van der Waals surface area contributed by atoms with E-state index in [1.165, 1.54) is 12.8 Å². The number of carbonyl (C=O) groups excluding carboxylic acids is 1. The molecule has 0 bridgehead atoms. The van der Waals surface area contributed by atoms with Crippen molar-refractivity contribution in [2.24, 2.45) is 0 Å². The van der Waals surface area contributed by atoms with E-state index in [-0.39, 0.29) is 0 Å². The summed E-state index contributed by atoms with van der Waals surface area (Å²) < 4.78 is 10.9. The number of methoxy groups -OCH3 is 1. The lowest BCUT2D eigenvalue weighted by atomic mass is 10.2. The van der Waals surface area contributed by atoms with Crippen molar-refractivity contribution in [3.8, 4) is 11.5 Å². The summed E-state index contributed by atoms with van der Waals surface area (Å²) in [4.78, 5) is 13.3. The molecule has 0 unspecified atom stereocenters. The van der Waals surface area contributed by atoms with Crippen LogP contribution in [0.1, 0.15) is 23.2 Å². The first kappa shape index (κ1) is 12.9. The Morgan fingerprint density at radius 1 is 1.33 bits per heavy atom. The van der Waals surface area contributed by atoms with Crippen molar-refractivity contribution in [1.29, 1.82) is 0 Å². The monoisotopic (exact) mass is 249 g/mol. The Bertz CT molecular complexity index is 400. The molecule has 98 valence electrons. The van der Waals surface area contributed by atoms with Crippen molar-refractivity contribution in [2.75, 3.05) is 33.4 Å². The van der Waals surface area contributed by atoms with Gasteiger partial charge in [-0.2, -0.15) is 0 Å². The van der Waals surface area contributed by atoms with Gasteiger partial charge >= 0.3 is 0 Å². The van der Waals surface area contributed by atoms with Gasteiger partial charge in [-0.05, 0) is 38.1 Å². The minimum Gasteiger partial charge on any atom is -0.493 e. The van der Waals surface area contributed by atoms with Crippen molar-refractivity contribution >= 4 is 6.29 Å². The van der Waals surface area contributed by atoms with Gasteiger partial charge in [0.05, 0.1) is 12.7 Å². The predicted octanol–water partition coefficient (Wildman–Crippen LogP) is 1.98. The highest BCUT2D eigenvalue weighted by atomic mass is 16.5. The van der Waals surface area contributed by atoms with Gasteiger partial charge in [0.15, 0.2) is 17.8 Å². The normalized spacial score (nSPS) is 15.6. The Balaban J connectivity index is 1.96. The Hall–Kier alpha value is -1.55. The Morgan fingerprint density at radius 3 is 2.78 bits per heavy atom. The zero-order valence-corrected chi connectivity index (χ0v) is 10.7. The van der Waals surface area contributed by atoms with Gasteiger partial charge < -0.3 is 9.47 Å². The van der Waals surface area contributed by atoms with Crippen molar-refractivity contribution < 1.29 is 14.3 Å². The molecule has 0 aromatic heterocycles. The number of aldehydes is 1. The van der Waals surface area contributed by atoms with E-state index in [1.807, 2.05) is 0 Å². The van der Waals surface area contributed by atoms with Gasteiger partial charge in [0.2, 0.25) is 0 Å². The number of nitrogens with zero attached hydrogens (tertiary/aromatic N) is 1. The van der Waals surface area contributed by atoms with E-state index in [0.29, 0.717) is 23.7 Å². The number of hydrogen-bond donors (Lipinski definition) is 0. The van der Waals surface area contributed by atoms with Crippen molar-refractivity contribution in [3.05, 3.63) is 23.8 Å². The van der Waals surface area contributed by atoms with E-state index < -0.39 is 0 Å². The van der Waals surface area contributed by atoms with Gasteiger partial charge in [0.1, 0.15) is 6.61 Å². The number of hydrogen-bond acceptors (Lipinski definition) is 4. The van der Waals surface area contributed by atoms with Crippen LogP contribution in [0.25, 0.3) is 0 Å². The first-order valence-electron chi connectivity index (χ1n) is 6.32. The third kappa shape index (κ3) is 3.01. The molecule has 0 amide bonds. The number of ether oxygens (including phenoxy) is 2. The lowest BCUT2D eigenvalue weighted by molar-refractivity contribution is 0.111. The number of likely N-dealkylation sites (tertiary alicyclic amines) is 1. The molecule has 1 fully saturated rings. The molecule has 1 saturated heterocycles. The number of benzene rings is 1. The zero-order chi connectivity index (χ0) is 12.8. The maximum atomic E-state index is 11.0. The highest BCUT2D eigenvalue weighted by Gasteiger charge is 2.13. The van der Waals surface area contributed by atoms with Gasteiger partial charge in [-0.25, -0.2) is 0 Å². The highest BCUT2D eigenvalue weighted by Crippen LogP contribution is 2.29. The largest absolute Gasteiger partial charge is 0.493 e. The van der Waals surface area contributed by atoms with Crippen LogP contribution in [0.3, 0.4) is 0 Å². The second-order valence-electron chi connectivity index (χ2n) is 4.39. The van der Waals surface area contributed by atoms with Gasteiger partial charge in [0, 0.05) is 6.54 Å². The minimum absolute atomic E-state index is 0.538. The Labute approximate surface area is 107 Å². The molecule has 0 saturated carbocycles. The fourth-order valence-corrected chi connectivity index (χ4v) is 2.22. The summed E-state index contributed by atoms with van der Waals surface area (Å²) in [7, 11) is 1.58. The highest BCUT2D eigenvalue weighted by molar-refractivity contribution is 5.81. The van der Waals surface area contributed by atoms with Crippen molar-refractivity contribution in [3.63, 3.8) is 0 Å². The van der Waals surface area contributed by atoms with Gasteiger partial charge in [-0.3, -0.25) is 9.69 Å². The Morgan fingerprint density at radius 2 is 2.11 bits per heavy atom. The van der Waals surface area contributed by atoms with E-state index in [2.05, 4.69) is 4.90 Å². The first-order valence-corrected chi connectivity index (χ1v) is 6.32. The molecule has 1 aliphatic rings. The van der Waals surface area contributed by atoms with E-state index in [4.69, 9.17) is 9.47 Å². The molecule has 0 N–H and O–H groups in total. The summed E-state index contributed by atoms with van der Waals surface area (Å²) in [6, 6.07) is 5.33. The van der Waals surface area contributed by atoms with Crippen LogP contribution in [0.15, 0.2) is 18.2 Å². The molecule has 4 heteroatoms. The molecule has 2 rings (SSSR count). The van der Waals surface area contributed by atoms with Crippen LogP contribution < -0.4 is 9.47 Å². The van der Waals surface area contributed by atoms with Crippen molar-refractivity contribution in [1.82, 2.24) is 4.90 Å². The van der Waals surface area contributed by atoms with Crippen LogP contribution in [0.5, 0.6) is 11.5 Å². The van der Waals surface area contributed by atoms with Crippen LogP contribution in [0, 0.1) is 0 Å². The number of rotatable bonds is 6. The third-order valence-electron chi connectivity index (χ3n) is 3.21. The molecule has 1 aromatic rings. The van der Waals surface area contributed by atoms with E-state index >= 15 is 0 Å². The first-order chi connectivity index (χ1) is 8.85. The maximum Gasteiger partial charge on any atom is 0.171 e. The molecule has 0 aliphatic carbocycles. The molecule has 1 heterocycles. The van der Waals surface area contributed by atoms with E-state index in [1.54, 1.807) is 25.3 Å². The molecule has 0 spiro atoms. The fraction of sp³-hybridized carbons (Fsp3) is 0.500. The fourth-order valence-electron chi connectivity index (χ4n) is 2.22. The smallest absolute Gasteiger partial charge is 0.171 e. The molecule has 1 aromatic carbocycles. The molecular weight excluding hydrogens is 230 g/mol. The summed E-state index contributed by atoms with van der Waals surface area (Å²) in [6.07, 6.45) is 3.34. The quantitative estimate of drug-likeness (QED) is 0.723. The topological polar surface area (TPSA) is 38.8 Å². The lowest BCUT2D eigenvalue weighted by Crippen LogP contribution is -2.25. The van der Waals surface area contributed by atoms with Gasteiger partial charge in [0.25, 0.3) is 0 Å². The molecule has 0 radical (unpaired) electrons. The molecule has 0 atom stereocenters. The SMILES string of the molecule is COc1cccc(C=O)c1OCCN1CCCC1. The Kier molecular flexibility index (Phi) is 4.59. The second-order valence-corrected chi connectivity index (χ2v) is 4.39. The van der Waals surface area contributed by atoms with Crippen LogP contribution in [-0.2, 0) is 0 Å². The summed E-state index contributed by atoms with van der Waals surface area (Å²) in [5.41, 5.74) is 0.538. The standard InChI is InChI=1S/C14H19NO3/c1-17-13-6-4-5-12(11-16)14(13)18-10-9-15-7-2-3-8-15/h4-6,11H,2-3,7-10H2,1H3. The average Bonchev–Trinajstić information content (AvgIpc) is 2.92. The van der Waals surface area contributed by atoms with Gasteiger partial charge in [-0.15, -0.1) is 0 Å². The molecule has 4 nitrogen and oxygen atoms in total. The van der Waals surface area contributed by atoms with Gasteiger partial charge in [-0.1, -0.05) is 6.07 Å². The molecular formula is C14H19NO3. The molecule has 18 heavy (non-hydrogen) atoms. The van der Waals surface area contributed by atoms with E-state index in [0.717, 1.165) is 25.9 Å². The zero-order valence-electron chi connectivity index (χ0n) is 10.7. The van der Waals surface area contributed by atoms with Crippen LogP contribution in [-0.4, -0.2) is 44.5 Å².